The molecule has 0 spiro atoms. The van der Waals surface area contributed by atoms with Crippen molar-refractivity contribution in [2.24, 2.45) is 0 Å². The number of hydrogen-bond donors (Lipinski definition) is 1. The predicted molar refractivity (Wildman–Crippen MR) is 52.8 cm³/mol. The summed E-state index contributed by atoms with van der Waals surface area (Å²) >= 11 is 1.74. The smallest absolute Gasteiger partial charge is 0.305 e. The van der Waals surface area contributed by atoms with Crippen LogP contribution in [-0.2, 0) is 9.53 Å². The first-order valence-electron chi connectivity index (χ1n) is 4.62. The lowest BCUT2D eigenvalue weighted by Crippen LogP contribution is -2.29. The maximum atomic E-state index is 11.0. The Morgan fingerprint density at radius 3 is 3.00 bits per heavy atom. The van der Waals surface area contributed by atoms with E-state index in [2.05, 4.69) is 0 Å². The number of carbonyl (C=O) groups excluding carboxylic acids is 1. The van der Waals surface area contributed by atoms with Crippen molar-refractivity contribution in [1.29, 1.82) is 0 Å². The molecule has 0 aromatic carbocycles. The van der Waals surface area contributed by atoms with E-state index in [1.165, 1.54) is 0 Å². The molecule has 76 valence electrons. The van der Waals surface area contributed by atoms with Crippen LogP contribution in [0.4, 0.5) is 0 Å². The number of thioether (sulfide) groups is 1. The van der Waals surface area contributed by atoms with E-state index in [1.54, 1.807) is 18.7 Å². The lowest BCUT2D eigenvalue weighted by atomic mass is 9.97. The van der Waals surface area contributed by atoms with Crippen LogP contribution in [0.1, 0.15) is 26.2 Å². The molecule has 13 heavy (non-hydrogen) atoms. The fourth-order valence-electron chi connectivity index (χ4n) is 1.36. The zero-order valence-electron chi connectivity index (χ0n) is 7.91. The van der Waals surface area contributed by atoms with Crippen molar-refractivity contribution in [3.63, 3.8) is 0 Å². The van der Waals surface area contributed by atoms with Crippen LogP contribution in [0.15, 0.2) is 0 Å². The van der Waals surface area contributed by atoms with E-state index in [9.17, 15) is 9.90 Å². The van der Waals surface area contributed by atoms with E-state index in [0.29, 0.717) is 19.4 Å². The van der Waals surface area contributed by atoms with Crippen LogP contribution < -0.4 is 0 Å². The molecule has 1 fully saturated rings. The Labute approximate surface area is 82.8 Å². The fraction of sp³-hybridized carbons (Fsp3) is 0.889. The quantitative estimate of drug-likeness (QED) is 0.699. The second-order valence-corrected chi connectivity index (χ2v) is 4.44. The summed E-state index contributed by atoms with van der Waals surface area (Å²) in [6.45, 7) is 2.21. The summed E-state index contributed by atoms with van der Waals surface area (Å²) < 4.78 is 4.79. The van der Waals surface area contributed by atoms with Crippen molar-refractivity contribution in [2.45, 2.75) is 31.8 Å². The Morgan fingerprint density at radius 1 is 1.69 bits per heavy atom. The molecule has 4 heteroatoms. The minimum absolute atomic E-state index is 0.201. The summed E-state index contributed by atoms with van der Waals surface area (Å²) in [5.74, 6) is 1.55. The first-order valence-corrected chi connectivity index (χ1v) is 5.77. The van der Waals surface area contributed by atoms with Gasteiger partial charge in [-0.3, -0.25) is 4.79 Å². The van der Waals surface area contributed by atoms with Gasteiger partial charge in [-0.05, 0) is 25.5 Å². The summed E-state index contributed by atoms with van der Waals surface area (Å²) in [4.78, 5) is 11.0. The Morgan fingerprint density at radius 2 is 2.46 bits per heavy atom. The molecular weight excluding hydrogens is 188 g/mol. The van der Waals surface area contributed by atoms with Crippen LogP contribution >= 0.6 is 11.8 Å². The van der Waals surface area contributed by atoms with Crippen molar-refractivity contribution in [3.8, 4) is 0 Å². The van der Waals surface area contributed by atoms with Gasteiger partial charge < -0.3 is 9.84 Å². The number of rotatable bonds is 4. The Hall–Kier alpha value is -0.220. The van der Waals surface area contributed by atoms with Crippen LogP contribution in [0, 0.1) is 0 Å². The average Bonchev–Trinajstić information content (AvgIpc) is 2.51. The molecule has 1 saturated heterocycles. The third-order valence-electron chi connectivity index (χ3n) is 2.18. The number of aliphatic hydroxyl groups is 1. The molecule has 0 saturated carbocycles. The molecule has 1 N–H and O–H groups in total. The Kier molecular flexibility index (Phi) is 4.06. The highest BCUT2D eigenvalue weighted by Gasteiger charge is 2.31. The maximum Gasteiger partial charge on any atom is 0.305 e. The molecule has 1 unspecified atom stereocenters. The lowest BCUT2D eigenvalue weighted by Gasteiger charge is -2.20. The summed E-state index contributed by atoms with van der Waals surface area (Å²) in [7, 11) is 0. The van der Waals surface area contributed by atoms with Crippen LogP contribution in [0.5, 0.6) is 0 Å². The number of esters is 1. The monoisotopic (exact) mass is 204 g/mol. The van der Waals surface area contributed by atoms with Crippen LogP contribution in [-0.4, -0.2) is 34.8 Å². The van der Waals surface area contributed by atoms with Gasteiger partial charge in [-0.1, -0.05) is 0 Å². The predicted octanol–water partition coefficient (Wildman–Crippen LogP) is 1.20. The van der Waals surface area contributed by atoms with Crippen molar-refractivity contribution >= 4 is 17.7 Å². The van der Waals surface area contributed by atoms with Crippen LogP contribution in [0.25, 0.3) is 0 Å². The average molecular weight is 204 g/mol. The molecule has 0 radical (unpaired) electrons. The van der Waals surface area contributed by atoms with Gasteiger partial charge in [-0.25, -0.2) is 0 Å². The largest absolute Gasteiger partial charge is 0.466 e. The zero-order valence-corrected chi connectivity index (χ0v) is 8.73. The van der Waals surface area contributed by atoms with Gasteiger partial charge in [-0.15, -0.1) is 0 Å². The van der Waals surface area contributed by atoms with E-state index in [-0.39, 0.29) is 5.97 Å². The summed E-state index contributed by atoms with van der Waals surface area (Å²) in [5.41, 5.74) is -0.614. The molecule has 1 rings (SSSR count). The molecule has 1 atom stereocenters. The minimum atomic E-state index is -0.614. The summed E-state index contributed by atoms with van der Waals surface area (Å²) in [6.07, 6.45) is 1.68. The van der Waals surface area contributed by atoms with E-state index >= 15 is 0 Å². The molecule has 3 nitrogen and oxygen atoms in total. The van der Waals surface area contributed by atoms with Gasteiger partial charge in [0.25, 0.3) is 0 Å². The standard InChI is InChI=1S/C9H16O3S/c1-2-12-8(10)3-4-9(11)5-6-13-7-9/h11H,2-7H2,1H3. The van der Waals surface area contributed by atoms with Crippen molar-refractivity contribution in [2.75, 3.05) is 18.1 Å². The second-order valence-electron chi connectivity index (χ2n) is 3.33. The first kappa shape index (κ1) is 10.9. The summed E-state index contributed by atoms with van der Waals surface area (Å²) in [5, 5.41) is 9.88. The third kappa shape index (κ3) is 3.56. The summed E-state index contributed by atoms with van der Waals surface area (Å²) in [6, 6.07) is 0. The lowest BCUT2D eigenvalue weighted by molar-refractivity contribution is -0.144. The minimum Gasteiger partial charge on any atom is -0.466 e. The zero-order chi connectivity index (χ0) is 9.73. The Balaban J connectivity index is 2.21. The topological polar surface area (TPSA) is 46.5 Å². The molecule has 1 aliphatic rings. The molecule has 0 aromatic rings. The molecule has 0 bridgehead atoms. The SMILES string of the molecule is CCOC(=O)CCC1(O)CCSC1. The van der Waals surface area contributed by atoms with Gasteiger partial charge in [0.2, 0.25) is 0 Å². The van der Waals surface area contributed by atoms with Crippen molar-refractivity contribution < 1.29 is 14.6 Å². The highest BCUT2D eigenvalue weighted by atomic mass is 32.2. The van der Waals surface area contributed by atoms with Crippen LogP contribution in [0.2, 0.25) is 0 Å². The van der Waals surface area contributed by atoms with E-state index in [0.717, 1.165) is 17.9 Å². The number of hydrogen-bond acceptors (Lipinski definition) is 4. The highest BCUT2D eigenvalue weighted by molar-refractivity contribution is 7.99. The van der Waals surface area contributed by atoms with Crippen molar-refractivity contribution in [1.82, 2.24) is 0 Å². The van der Waals surface area contributed by atoms with E-state index in [4.69, 9.17) is 4.74 Å². The third-order valence-corrected chi connectivity index (χ3v) is 3.42. The Bertz CT molecular complexity index is 176. The second kappa shape index (κ2) is 4.86. The fourth-order valence-corrected chi connectivity index (χ4v) is 2.70. The van der Waals surface area contributed by atoms with Crippen LogP contribution in [0.3, 0.4) is 0 Å². The maximum absolute atomic E-state index is 11.0. The number of carbonyl (C=O) groups is 1. The van der Waals surface area contributed by atoms with E-state index in [1.807, 2.05) is 0 Å². The number of ether oxygens (including phenoxy) is 1. The molecule has 1 heterocycles. The normalized spacial score (nSPS) is 27.5. The molecule has 1 aliphatic heterocycles. The molecule has 0 aliphatic carbocycles. The van der Waals surface area contributed by atoms with Gasteiger partial charge in [0.05, 0.1) is 12.2 Å². The van der Waals surface area contributed by atoms with Gasteiger partial charge in [-0.2, -0.15) is 11.8 Å². The molecule has 0 amide bonds. The first-order chi connectivity index (χ1) is 6.16. The van der Waals surface area contributed by atoms with Gasteiger partial charge in [0, 0.05) is 12.2 Å². The van der Waals surface area contributed by atoms with Gasteiger partial charge in [0.15, 0.2) is 0 Å². The van der Waals surface area contributed by atoms with Gasteiger partial charge in [0.1, 0.15) is 0 Å². The molecular formula is C9H16O3S. The van der Waals surface area contributed by atoms with Gasteiger partial charge >= 0.3 is 5.97 Å². The van der Waals surface area contributed by atoms with E-state index < -0.39 is 5.60 Å². The molecule has 0 aromatic heterocycles. The highest BCUT2D eigenvalue weighted by Crippen LogP contribution is 2.31. The van der Waals surface area contributed by atoms with Crippen molar-refractivity contribution in [3.05, 3.63) is 0 Å².